The van der Waals surface area contributed by atoms with Gasteiger partial charge in [0.2, 0.25) is 5.88 Å². The van der Waals surface area contributed by atoms with Gasteiger partial charge >= 0.3 is 0 Å². The van der Waals surface area contributed by atoms with Crippen LogP contribution in [0.4, 0.5) is 5.69 Å². The molecule has 224 valence electrons. The lowest BCUT2D eigenvalue weighted by molar-refractivity contribution is -0.385. The van der Waals surface area contributed by atoms with Crippen molar-refractivity contribution in [3.05, 3.63) is 114 Å². The summed E-state index contributed by atoms with van der Waals surface area (Å²) in [6.45, 7) is 8.56. The topological polar surface area (TPSA) is 122 Å². The minimum Gasteiger partial charge on any atom is -0.494 e. The molecule has 0 saturated carbocycles. The SMILES string of the molecule is CCOc1cc(C)c(-c2nc3ccccc3c(=O)n2N=Cc2cc(Cl)c(Oc3ccc([N+](=O)[O-])cn3)c(Cl)c2)cc1C(C)C. The zero-order valence-electron chi connectivity index (χ0n) is 24.2. The number of fused-ring (bicyclic) bond motifs is 1. The normalized spacial score (nSPS) is 11.4. The number of pyridine rings is 1. The number of nitrogens with zero attached hydrogens (tertiary/aromatic N) is 5. The highest BCUT2D eigenvalue weighted by atomic mass is 35.5. The molecule has 0 unspecified atom stereocenters. The predicted molar refractivity (Wildman–Crippen MR) is 172 cm³/mol. The number of aromatic nitrogens is 3. The molecule has 5 rings (SSSR count). The third-order valence-corrected chi connectivity index (χ3v) is 7.32. The van der Waals surface area contributed by atoms with Crippen LogP contribution in [0.25, 0.3) is 22.3 Å². The molecular weight excluding hydrogens is 605 g/mol. The van der Waals surface area contributed by atoms with Crippen LogP contribution in [0.5, 0.6) is 17.4 Å². The molecule has 12 heteroatoms. The summed E-state index contributed by atoms with van der Waals surface area (Å²) in [6.07, 6.45) is 2.53. The van der Waals surface area contributed by atoms with Gasteiger partial charge in [0.25, 0.3) is 11.2 Å². The van der Waals surface area contributed by atoms with E-state index in [-0.39, 0.29) is 38.8 Å². The van der Waals surface area contributed by atoms with Gasteiger partial charge in [-0.25, -0.2) is 9.97 Å². The Hall–Kier alpha value is -4.80. The maximum Gasteiger partial charge on any atom is 0.287 e. The second-order valence-corrected chi connectivity index (χ2v) is 10.9. The average molecular weight is 633 g/mol. The summed E-state index contributed by atoms with van der Waals surface area (Å²) >= 11 is 13.0. The van der Waals surface area contributed by atoms with E-state index >= 15 is 0 Å². The Morgan fingerprint density at radius 3 is 2.45 bits per heavy atom. The largest absolute Gasteiger partial charge is 0.494 e. The molecule has 44 heavy (non-hydrogen) atoms. The summed E-state index contributed by atoms with van der Waals surface area (Å²) in [5.41, 5.74) is 3.11. The van der Waals surface area contributed by atoms with Gasteiger partial charge in [0.05, 0.1) is 38.7 Å². The van der Waals surface area contributed by atoms with E-state index in [1.165, 1.54) is 23.0 Å². The Balaban J connectivity index is 1.58. The first-order chi connectivity index (χ1) is 21.1. The molecule has 5 aromatic rings. The lowest BCUT2D eigenvalue weighted by Gasteiger charge is -2.18. The number of benzene rings is 3. The zero-order valence-corrected chi connectivity index (χ0v) is 25.8. The van der Waals surface area contributed by atoms with Crippen molar-refractivity contribution in [3.63, 3.8) is 0 Å². The van der Waals surface area contributed by atoms with E-state index in [9.17, 15) is 14.9 Å². The molecule has 0 amide bonds. The molecule has 0 aliphatic carbocycles. The van der Waals surface area contributed by atoms with E-state index in [1.807, 2.05) is 32.0 Å². The van der Waals surface area contributed by atoms with Crippen LogP contribution in [-0.4, -0.2) is 32.4 Å². The van der Waals surface area contributed by atoms with Crippen molar-refractivity contribution in [2.75, 3.05) is 6.61 Å². The van der Waals surface area contributed by atoms with Gasteiger partial charge < -0.3 is 9.47 Å². The number of rotatable bonds is 9. The summed E-state index contributed by atoms with van der Waals surface area (Å²) in [7, 11) is 0. The van der Waals surface area contributed by atoms with E-state index in [0.717, 1.165) is 28.6 Å². The van der Waals surface area contributed by atoms with Crippen LogP contribution < -0.4 is 15.0 Å². The Morgan fingerprint density at radius 2 is 1.82 bits per heavy atom. The fourth-order valence-corrected chi connectivity index (χ4v) is 5.18. The van der Waals surface area contributed by atoms with Crippen molar-refractivity contribution in [3.8, 4) is 28.8 Å². The van der Waals surface area contributed by atoms with Gasteiger partial charge in [0.1, 0.15) is 11.9 Å². The summed E-state index contributed by atoms with van der Waals surface area (Å²) in [5, 5.41) is 16.2. The van der Waals surface area contributed by atoms with Gasteiger partial charge in [-0.1, -0.05) is 49.2 Å². The standard InChI is InChI=1S/C32H27Cl2N5O5/c1-5-43-28-12-19(4)24(15-23(28)18(2)3)31-37-27-9-7-6-8-22(27)32(40)38(31)36-16-20-13-25(33)30(26(34)14-20)44-29-11-10-21(17-35-29)39(41)42/h6-18H,5H2,1-4H3. The lowest BCUT2D eigenvalue weighted by Crippen LogP contribution is -2.21. The summed E-state index contributed by atoms with van der Waals surface area (Å²) in [6, 6.07) is 16.8. The summed E-state index contributed by atoms with van der Waals surface area (Å²) < 4.78 is 12.9. The first-order valence-electron chi connectivity index (χ1n) is 13.7. The number of hydrogen-bond donors (Lipinski definition) is 0. The number of aryl methyl sites for hydroxylation is 1. The van der Waals surface area contributed by atoms with Gasteiger partial charge in [-0.2, -0.15) is 9.78 Å². The van der Waals surface area contributed by atoms with E-state index < -0.39 is 4.92 Å². The molecule has 0 spiro atoms. The minimum atomic E-state index is -0.562. The van der Waals surface area contributed by atoms with Crippen molar-refractivity contribution in [2.24, 2.45) is 5.10 Å². The van der Waals surface area contributed by atoms with Gasteiger partial charge in [0, 0.05) is 17.7 Å². The maximum absolute atomic E-state index is 13.8. The van der Waals surface area contributed by atoms with Gasteiger partial charge in [-0.05, 0) is 72.9 Å². The summed E-state index contributed by atoms with van der Waals surface area (Å²) in [5.74, 6) is 1.51. The molecule has 0 atom stereocenters. The van der Waals surface area contributed by atoms with E-state index in [0.29, 0.717) is 28.9 Å². The number of para-hydroxylation sites is 1. The molecule has 0 saturated heterocycles. The monoisotopic (exact) mass is 631 g/mol. The molecule has 0 aliphatic rings. The fraction of sp³-hybridized carbons (Fsp3) is 0.188. The van der Waals surface area contributed by atoms with Crippen LogP contribution in [0, 0.1) is 17.0 Å². The zero-order chi connectivity index (χ0) is 31.5. The van der Waals surface area contributed by atoms with Gasteiger partial charge in [-0.3, -0.25) is 14.9 Å². The van der Waals surface area contributed by atoms with Crippen molar-refractivity contribution >= 4 is 46.0 Å². The van der Waals surface area contributed by atoms with Gasteiger partial charge in [0.15, 0.2) is 11.6 Å². The highest BCUT2D eigenvalue weighted by Gasteiger charge is 2.19. The van der Waals surface area contributed by atoms with Crippen LogP contribution in [0.1, 0.15) is 43.4 Å². The second-order valence-electron chi connectivity index (χ2n) is 10.1. The van der Waals surface area contributed by atoms with Crippen molar-refractivity contribution < 1.29 is 14.4 Å². The number of ether oxygens (including phenoxy) is 2. The Labute approximate surface area is 262 Å². The highest BCUT2D eigenvalue weighted by molar-refractivity contribution is 6.37. The van der Waals surface area contributed by atoms with Gasteiger partial charge in [-0.15, -0.1) is 0 Å². The molecule has 0 radical (unpaired) electrons. The minimum absolute atomic E-state index is 0.0748. The van der Waals surface area contributed by atoms with Crippen LogP contribution in [0.3, 0.4) is 0 Å². The summed E-state index contributed by atoms with van der Waals surface area (Å²) in [4.78, 5) is 32.9. The Morgan fingerprint density at radius 1 is 1.09 bits per heavy atom. The molecule has 0 fully saturated rings. The molecule has 2 aromatic heterocycles. The third-order valence-electron chi connectivity index (χ3n) is 6.75. The number of hydrogen-bond acceptors (Lipinski definition) is 8. The van der Waals surface area contributed by atoms with Crippen molar-refractivity contribution in [2.45, 2.75) is 33.6 Å². The molecule has 0 N–H and O–H groups in total. The van der Waals surface area contributed by atoms with E-state index in [1.54, 1.807) is 30.3 Å². The Kier molecular flexibility index (Phi) is 8.93. The highest BCUT2D eigenvalue weighted by Crippen LogP contribution is 2.37. The molecular formula is C32H27Cl2N5O5. The molecule has 3 aromatic carbocycles. The first-order valence-corrected chi connectivity index (χ1v) is 14.4. The lowest BCUT2D eigenvalue weighted by atomic mass is 9.96. The predicted octanol–water partition coefficient (Wildman–Crippen LogP) is 8.18. The molecule has 0 aliphatic heterocycles. The van der Waals surface area contributed by atoms with E-state index in [2.05, 4.69) is 23.9 Å². The maximum atomic E-state index is 13.8. The third kappa shape index (κ3) is 6.27. The molecule has 2 heterocycles. The molecule has 0 bridgehead atoms. The Bertz CT molecular complexity index is 1950. The van der Waals surface area contributed by atoms with Crippen LogP contribution in [0.2, 0.25) is 10.0 Å². The second kappa shape index (κ2) is 12.8. The number of halogens is 2. The van der Waals surface area contributed by atoms with Crippen LogP contribution in [-0.2, 0) is 0 Å². The molecule has 10 nitrogen and oxygen atoms in total. The van der Waals surface area contributed by atoms with E-state index in [4.69, 9.17) is 37.7 Å². The average Bonchev–Trinajstić information content (AvgIpc) is 2.99. The van der Waals surface area contributed by atoms with Crippen molar-refractivity contribution in [1.29, 1.82) is 0 Å². The fourth-order valence-electron chi connectivity index (χ4n) is 4.60. The van der Waals surface area contributed by atoms with Crippen molar-refractivity contribution in [1.82, 2.24) is 14.6 Å². The first kappa shape index (κ1) is 30.7. The quantitative estimate of drug-likeness (QED) is 0.0913. The number of nitro groups is 1. The van der Waals surface area contributed by atoms with Crippen LogP contribution in [0.15, 0.2) is 76.8 Å². The van der Waals surface area contributed by atoms with Crippen LogP contribution >= 0.6 is 23.2 Å². The smallest absolute Gasteiger partial charge is 0.287 e.